The Morgan fingerprint density at radius 2 is 1.61 bits per heavy atom. The molecule has 2 atom stereocenters. The first-order valence-electron chi connectivity index (χ1n) is 11.0. The van der Waals surface area contributed by atoms with Crippen LogP contribution >= 0.6 is 28.1 Å². The van der Waals surface area contributed by atoms with Crippen molar-refractivity contribution in [3.05, 3.63) is 112 Å². The lowest BCUT2D eigenvalue weighted by atomic mass is 9.96. The van der Waals surface area contributed by atoms with Crippen molar-refractivity contribution in [1.29, 1.82) is 0 Å². The summed E-state index contributed by atoms with van der Waals surface area (Å²) in [7, 11) is 0. The third kappa shape index (κ3) is 3.98. The Morgan fingerprint density at radius 1 is 0.909 bits per heavy atom. The van der Waals surface area contributed by atoms with Gasteiger partial charge in [0.1, 0.15) is 0 Å². The summed E-state index contributed by atoms with van der Waals surface area (Å²) >= 11 is 9.42. The Kier molecular flexibility index (Phi) is 5.81. The molecule has 1 aliphatic rings. The fourth-order valence-corrected chi connectivity index (χ4v) is 5.34. The van der Waals surface area contributed by atoms with Crippen LogP contribution in [-0.2, 0) is 0 Å². The van der Waals surface area contributed by atoms with Crippen molar-refractivity contribution in [2.45, 2.75) is 32.9 Å². The third-order valence-corrected chi connectivity index (χ3v) is 7.13. The van der Waals surface area contributed by atoms with Gasteiger partial charge in [-0.25, -0.2) is 0 Å². The summed E-state index contributed by atoms with van der Waals surface area (Å²) < 4.78 is 3.37. The molecule has 1 N–H and O–H groups in total. The zero-order valence-corrected chi connectivity index (χ0v) is 21.2. The van der Waals surface area contributed by atoms with Crippen LogP contribution in [0.15, 0.2) is 83.5 Å². The van der Waals surface area contributed by atoms with E-state index in [-0.39, 0.29) is 12.1 Å². The lowest BCUT2D eigenvalue weighted by molar-refractivity contribution is 0.565. The molecule has 2 unspecified atom stereocenters. The molecule has 4 aromatic rings. The van der Waals surface area contributed by atoms with Crippen LogP contribution in [0.3, 0.4) is 0 Å². The van der Waals surface area contributed by atoms with Crippen LogP contribution in [0, 0.1) is 20.8 Å². The minimum absolute atomic E-state index is 0.0287. The van der Waals surface area contributed by atoms with E-state index in [1.807, 2.05) is 18.3 Å². The first-order valence-corrected chi connectivity index (χ1v) is 12.2. The Morgan fingerprint density at radius 3 is 2.27 bits per heavy atom. The highest BCUT2D eigenvalue weighted by atomic mass is 79.9. The van der Waals surface area contributed by atoms with Gasteiger partial charge in [0.25, 0.3) is 0 Å². The molecular weight excluding hydrogens is 492 g/mol. The third-order valence-electron chi connectivity index (χ3n) is 6.28. The number of rotatable bonds is 4. The number of hydrogen-bond acceptors (Lipinski definition) is 2. The topological polar surface area (TPSA) is 33.1 Å². The minimum atomic E-state index is -0.0608. The number of halogens is 1. The first kappa shape index (κ1) is 21.9. The van der Waals surface area contributed by atoms with Gasteiger partial charge in [0, 0.05) is 33.4 Å². The van der Waals surface area contributed by atoms with Crippen LogP contribution in [0.1, 0.15) is 40.3 Å². The van der Waals surface area contributed by atoms with Crippen LogP contribution in [-0.4, -0.2) is 14.7 Å². The molecule has 2 aromatic carbocycles. The maximum atomic E-state index is 5.87. The van der Waals surface area contributed by atoms with Gasteiger partial charge in [0.05, 0.1) is 17.8 Å². The SMILES string of the molecule is Cc1ccc(-n2c(C)cc(C3C(c4ccccn4)NC(=S)N3c3ccc(Br)cc3)c2C)cc1. The molecule has 0 radical (unpaired) electrons. The van der Waals surface area contributed by atoms with Gasteiger partial charge in [-0.05, 0) is 93.1 Å². The van der Waals surface area contributed by atoms with Crippen LogP contribution in [0.2, 0.25) is 0 Å². The first-order chi connectivity index (χ1) is 15.9. The van der Waals surface area contributed by atoms with E-state index in [9.17, 15) is 0 Å². The molecular formula is C27H25BrN4S. The second kappa shape index (κ2) is 8.76. The standard InChI is InChI=1S/C27H25BrN4S/c1-17-7-11-21(12-8-17)31-18(2)16-23(19(31)3)26-25(24-6-4-5-15-29-24)30-27(33)32(26)22-13-9-20(28)10-14-22/h4-16,25-26H,1-3H3,(H,30,33). The fourth-order valence-electron chi connectivity index (χ4n) is 4.73. The summed E-state index contributed by atoms with van der Waals surface area (Å²) in [5.74, 6) is 0. The molecule has 3 heterocycles. The van der Waals surface area contributed by atoms with Gasteiger partial charge in [-0.2, -0.15) is 0 Å². The molecule has 6 heteroatoms. The van der Waals surface area contributed by atoms with Gasteiger partial charge in [-0.3, -0.25) is 4.98 Å². The van der Waals surface area contributed by atoms with Crippen LogP contribution in [0.25, 0.3) is 5.69 Å². The van der Waals surface area contributed by atoms with Crippen molar-refractivity contribution in [3.8, 4) is 5.69 Å². The Bertz CT molecular complexity index is 1300. The molecule has 4 nitrogen and oxygen atoms in total. The number of thiocarbonyl (C=S) groups is 1. The number of hydrogen-bond donors (Lipinski definition) is 1. The van der Waals surface area contributed by atoms with Gasteiger partial charge in [0.15, 0.2) is 5.11 Å². The van der Waals surface area contributed by atoms with Crippen molar-refractivity contribution < 1.29 is 0 Å². The van der Waals surface area contributed by atoms with E-state index in [1.54, 1.807) is 0 Å². The van der Waals surface area contributed by atoms with Gasteiger partial charge in [0.2, 0.25) is 0 Å². The second-order valence-corrected chi connectivity index (χ2v) is 9.77. The minimum Gasteiger partial charge on any atom is -0.351 e. The van der Waals surface area contributed by atoms with Crippen molar-refractivity contribution in [2.24, 2.45) is 0 Å². The Balaban J connectivity index is 1.67. The van der Waals surface area contributed by atoms with Crippen molar-refractivity contribution >= 4 is 38.9 Å². The molecule has 5 rings (SSSR count). The molecule has 0 spiro atoms. The lowest BCUT2D eigenvalue weighted by Crippen LogP contribution is -2.29. The van der Waals surface area contributed by atoms with Gasteiger partial charge < -0.3 is 14.8 Å². The average Bonchev–Trinajstić information content (AvgIpc) is 3.31. The maximum Gasteiger partial charge on any atom is 0.174 e. The van der Waals surface area contributed by atoms with Crippen molar-refractivity contribution in [1.82, 2.24) is 14.9 Å². The van der Waals surface area contributed by atoms with E-state index in [4.69, 9.17) is 12.2 Å². The van der Waals surface area contributed by atoms with E-state index in [2.05, 4.69) is 117 Å². The summed E-state index contributed by atoms with van der Waals surface area (Å²) in [6, 6.07) is 25.2. The number of benzene rings is 2. The zero-order valence-electron chi connectivity index (χ0n) is 18.8. The van der Waals surface area contributed by atoms with Crippen molar-refractivity contribution in [2.75, 3.05) is 4.90 Å². The van der Waals surface area contributed by atoms with E-state index in [1.165, 1.54) is 28.2 Å². The molecule has 0 aliphatic carbocycles. The molecule has 166 valence electrons. The summed E-state index contributed by atoms with van der Waals surface area (Å²) in [6.45, 7) is 6.47. The fraction of sp³-hybridized carbons (Fsp3) is 0.185. The largest absolute Gasteiger partial charge is 0.351 e. The highest BCUT2D eigenvalue weighted by Gasteiger charge is 2.42. The predicted octanol–water partition coefficient (Wildman–Crippen LogP) is 6.74. The smallest absolute Gasteiger partial charge is 0.174 e. The Labute approximate surface area is 208 Å². The molecule has 0 amide bonds. The summed E-state index contributed by atoms with van der Waals surface area (Å²) in [5.41, 5.74) is 8.09. The monoisotopic (exact) mass is 516 g/mol. The molecule has 0 bridgehead atoms. The normalized spacial score (nSPS) is 17.9. The zero-order chi connectivity index (χ0) is 23.1. The molecule has 33 heavy (non-hydrogen) atoms. The van der Waals surface area contributed by atoms with Crippen LogP contribution < -0.4 is 10.2 Å². The van der Waals surface area contributed by atoms with Crippen LogP contribution in [0.4, 0.5) is 5.69 Å². The summed E-state index contributed by atoms with van der Waals surface area (Å²) in [6.07, 6.45) is 1.84. The van der Waals surface area contributed by atoms with Crippen molar-refractivity contribution in [3.63, 3.8) is 0 Å². The molecule has 1 saturated heterocycles. The quantitative estimate of drug-likeness (QED) is 0.304. The highest BCUT2D eigenvalue weighted by molar-refractivity contribution is 9.10. The maximum absolute atomic E-state index is 5.87. The summed E-state index contributed by atoms with van der Waals surface area (Å²) in [4.78, 5) is 6.90. The van der Waals surface area contributed by atoms with E-state index < -0.39 is 0 Å². The highest BCUT2D eigenvalue weighted by Crippen LogP contribution is 2.43. The number of nitrogens with zero attached hydrogens (tertiary/aromatic N) is 3. The average molecular weight is 517 g/mol. The van der Waals surface area contributed by atoms with Crippen LogP contribution in [0.5, 0.6) is 0 Å². The predicted molar refractivity (Wildman–Crippen MR) is 142 cm³/mol. The van der Waals surface area contributed by atoms with Gasteiger partial charge in [-0.1, -0.05) is 39.7 Å². The molecule has 1 fully saturated rings. The lowest BCUT2D eigenvalue weighted by Gasteiger charge is -2.28. The van der Waals surface area contributed by atoms with E-state index in [0.29, 0.717) is 5.11 Å². The number of aromatic nitrogens is 2. The number of aryl methyl sites for hydroxylation is 2. The molecule has 0 saturated carbocycles. The van der Waals surface area contributed by atoms with E-state index in [0.717, 1.165) is 15.9 Å². The van der Waals surface area contributed by atoms with E-state index >= 15 is 0 Å². The second-order valence-electron chi connectivity index (χ2n) is 8.47. The number of anilines is 1. The number of pyridine rings is 1. The molecule has 1 aliphatic heterocycles. The van der Waals surface area contributed by atoms with Gasteiger partial charge >= 0.3 is 0 Å². The molecule has 2 aromatic heterocycles. The summed E-state index contributed by atoms with van der Waals surface area (Å²) in [5, 5.41) is 4.27. The van der Waals surface area contributed by atoms with Gasteiger partial charge in [-0.15, -0.1) is 0 Å². The Hall–Kier alpha value is -2.96. The number of nitrogens with one attached hydrogen (secondary N) is 1.